The average molecular weight is 225 g/mol. The molecular formula is C9H8FN3OS. The van der Waals surface area contributed by atoms with E-state index >= 15 is 0 Å². The lowest BCUT2D eigenvalue weighted by atomic mass is 10.3. The zero-order chi connectivity index (χ0) is 10.8. The van der Waals surface area contributed by atoms with Crippen molar-refractivity contribution in [1.29, 1.82) is 0 Å². The Morgan fingerprint density at radius 1 is 1.40 bits per heavy atom. The molecule has 2 rings (SSSR count). The van der Waals surface area contributed by atoms with E-state index < -0.39 is 5.82 Å². The van der Waals surface area contributed by atoms with Gasteiger partial charge in [-0.3, -0.25) is 0 Å². The molecule has 4 nitrogen and oxygen atoms in total. The molecule has 78 valence electrons. The molecule has 0 aliphatic heterocycles. The summed E-state index contributed by atoms with van der Waals surface area (Å²) in [5.41, 5.74) is 5.81. The molecule has 0 fully saturated rings. The van der Waals surface area contributed by atoms with Crippen LogP contribution in [0.3, 0.4) is 0 Å². The summed E-state index contributed by atoms with van der Waals surface area (Å²) in [5.74, 6) is -0.517. The van der Waals surface area contributed by atoms with Crippen molar-refractivity contribution in [1.82, 2.24) is 10.2 Å². The summed E-state index contributed by atoms with van der Waals surface area (Å²) in [4.78, 5) is 0. The molecule has 0 saturated heterocycles. The van der Waals surface area contributed by atoms with Gasteiger partial charge in [-0.15, -0.1) is 5.10 Å². The first-order valence-corrected chi connectivity index (χ1v) is 5.00. The van der Waals surface area contributed by atoms with Gasteiger partial charge < -0.3 is 10.5 Å². The van der Waals surface area contributed by atoms with Crippen LogP contribution >= 0.6 is 11.3 Å². The molecule has 15 heavy (non-hydrogen) atoms. The van der Waals surface area contributed by atoms with E-state index in [4.69, 9.17) is 10.5 Å². The third kappa shape index (κ3) is 2.04. The lowest BCUT2D eigenvalue weighted by Gasteiger charge is -2.05. The minimum Gasteiger partial charge on any atom is -0.424 e. The van der Waals surface area contributed by atoms with E-state index in [1.807, 2.05) is 0 Å². The average Bonchev–Trinajstić information content (AvgIpc) is 2.58. The summed E-state index contributed by atoms with van der Waals surface area (Å²) in [6.45, 7) is 1.79. The number of rotatable bonds is 2. The predicted molar refractivity (Wildman–Crippen MR) is 55.5 cm³/mol. The van der Waals surface area contributed by atoms with Crippen molar-refractivity contribution >= 4 is 17.0 Å². The first-order valence-electron chi connectivity index (χ1n) is 4.19. The number of anilines is 1. The van der Waals surface area contributed by atoms with E-state index in [0.29, 0.717) is 0 Å². The van der Waals surface area contributed by atoms with Crippen LogP contribution < -0.4 is 10.5 Å². The fourth-order valence-electron chi connectivity index (χ4n) is 1.04. The van der Waals surface area contributed by atoms with Crippen molar-refractivity contribution in [2.24, 2.45) is 0 Å². The van der Waals surface area contributed by atoms with Gasteiger partial charge in [0.05, 0.1) is 5.69 Å². The van der Waals surface area contributed by atoms with Gasteiger partial charge in [-0.25, -0.2) is 4.39 Å². The van der Waals surface area contributed by atoms with E-state index in [-0.39, 0.29) is 16.6 Å². The Hall–Kier alpha value is -1.69. The van der Waals surface area contributed by atoms with Crippen molar-refractivity contribution in [3.63, 3.8) is 0 Å². The van der Waals surface area contributed by atoms with Gasteiger partial charge in [-0.05, 0) is 19.1 Å². The lowest BCUT2D eigenvalue weighted by molar-refractivity contribution is 0.438. The number of hydrogen-bond donors (Lipinski definition) is 1. The smallest absolute Gasteiger partial charge is 0.299 e. The second kappa shape index (κ2) is 3.82. The number of halogens is 1. The summed E-state index contributed by atoms with van der Waals surface area (Å²) in [7, 11) is 0. The molecule has 0 aliphatic carbocycles. The molecule has 6 heteroatoms. The van der Waals surface area contributed by atoms with Gasteiger partial charge >= 0.3 is 0 Å². The standard InChI is InChI=1S/C9H8FN3OS/c1-5-12-13-9(15-5)14-8-6(10)3-2-4-7(8)11/h2-4H,11H2,1H3. The van der Waals surface area contributed by atoms with Gasteiger partial charge in [-0.1, -0.05) is 22.5 Å². The molecular weight excluding hydrogens is 217 g/mol. The Bertz CT molecular complexity index is 466. The fraction of sp³-hybridized carbons (Fsp3) is 0.111. The molecule has 0 bridgehead atoms. The number of aryl methyl sites for hydroxylation is 1. The van der Waals surface area contributed by atoms with Crippen molar-refractivity contribution < 1.29 is 9.13 Å². The van der Waals surface area contributed by atoms with Crippen LogP contribution in [0.25, 0.3) is 0 Å². The highest BCUT2D eigenvalue weighted by atomic mass is 32.1. The maximum Gasteiger partial charge on any atom is 0.299 e. The van der Waals surface area contributed by atoms with Gasteiger partial charge in [0.2, 0.25) is 0 Å². The number of nitrogen functional groups attached to an aromatic ring is 1. The van der Waals surface area contributed by atoms with E-state index in [0.717, 1.165) is 5.01 Å². The molecule has 1 aromatic carbocycles. The Kier molecular flexibility index (Phi) is 2.51. The summed E-state index contributed by atoms with van der Waals surface area (Å²) in [6, 6.07) is 4.36. The van der Waals surface area contributed by atoms with Crippen LogP contribution in [0.15, 0.2) is 18.2 Å². The molecule has 0 amide bonds. The fourth-order valence-corrected chi connectivity index (χ4v) is 1.58. The molecule has 0 unspecified atom stereocenters. The highest BCUT2D eigenvalue weighted by molar-refractivity contribution is 7.13. The molecule has 0 saturated carbocycles. The molecule has 0 radical (unpaired) electrons. The number of benzene rings is 1. The first-order chi connectivity index (χ1) is 7.16. The Labute approximate surface area is 89.5 Å². The topological polar surface area (TPSA) is 61.0 Å². The molecule has 1 aromatic heterocycles. The SMILES string of the molecule is Cc1nnc(Oc2c(N)cccc2F)s1. The van der Waals surface area contributed by atoms with Gasteiger partial charge in [0.25, 0.3) is 5.19 Å². The maximum absolute atomic E-state index is 13.3. The van der Waals surface area contributed by atoms with Crippen molar-refractivity contribution in [2.45, 2.75) is 6.92 Å². The van der Waals surface area contributed by atoms with Crippen molar-refractivity contribution in [2.75, 3.05) is 5.73 Å². The monoisotopic (exact) mass is 225 g/mol. The van der Waals surface area contributed by atoms with E-state index in [9.17, 15) is 4.39 Å². The number of hydrogen-bond acceptors (Lipinski definition) is 5. The lowest BCUT2D eigenvalue weighted by Crippen LogP contribution is -1.94. The molecule has 0 atom stereocenters. The van der Waals surface area contributed by atoms with Crippen LogP contribution in [0.5, 0.6) is 10.9 Å². The molecule has 2 aromatic rings. The zero-order valence-corrected chi connectivity index (χ0v) is 8.71. The quantitative estimate of drug-likeness (QED) is 0.797. The number of para-hydroxylation sites is 1. The second-order valence-corrected chi connectivity index (χ2v) is 3.99. The van der Waals surface area contributed by atoms with Crippen LogP contribution in [-0.4, -0.2) is 10.2 Å². The Morgan fingerprint density at radius 2 is 2.20 bits per heavy atom. The molecule has 0 spiro atoms. The van der Waals surface area contributed by atoms with E-state index in [2.05, 4.69) is 10.2 Å². The van der Waals surface area contributed by atoms with Crippen LogP contribution in [-0.2, 0) is 0 Å². The number of nitrogens with two attached hydrogens (primary N) is 1. The van der Waals surface area contributed by atoms with Gasteiger partial charge in [0.15, 0.2) is 11.6 Å². The number of aromatic nitrogens is 2. The highest BCUT2D eigenvalue weighted by Gasteiger charge is 2.10. The first kappa shape index (κ1) is 9.85. The molecule has 1 heterocycles. The zero-order valence-electron chi connectivity index (χ0n) is 7.90. The minimum absolute atomic E-state index is 0.00588. The van der Waals surface area contributed by atoms with Crippen LogP contribution in [0.2, 0.25) is 0 Å². The van der Waals surface area contributed by atoms with Gasteiger partial charge in [0, 0.05) is 0 Å². The van der Waals surface area contributed by atoms with Crippen molar-refractivity contribution in [3.8, 4) is 10.9 Å². The third-order valence-corrected chi connectivity index (χ3v) is 2.41. The highest BCUT2D eigenvalue weighted by Crippen LogP contribution is 2.31. The van der Waals surface area contributed by atoms with Crippen molar-refractivity contribution in [3.05, 3.63) is 29.0 Å². The molecule has 0 aliphatic rings. The Balaban J connectivity index is 2.31. The van der Waals surface area contributed by atoms with E-state index in [1.54, 1.807) is 13.0 Å². The summed E-state index contributed by atoms with van der Waals surface area (Å²) < 4.78 is 18.5. The maximum atomic E-state index is 13.3. The largest absolute Gasteiger partial charge is 0.424 e. The molecule has 2 N–H and O–H groups in total. The minimum atomic E-state index is -0.511. The normalized spacial score (nSPS) is 10.3. The van der Waals surface area contributed by atoms with Gasteiger partial charge in [-0.2, -0.15) is 0 Å². The third-order valence-electron chi connectivity index (χ3n) is 1.69. The summed E-state index contributed by atoms with van der Waals surface area (Å²) in [6.07, 6.45) is 0. The summed E-state index contributed by atoms with van der Waals surface area (Å²) >= 11 is 1.23. The number of nitrogens with zero attached hydrogens (tertiary/aromatic N) is 2. The Morgan fingerprint density at radius 3 is 2.80 bits per heavy atom. The second-order valence-electron chi connectivity index (χ2n) is 2.85. The van der Waals surface area contributed by atoms with E-state index in [1.165, 1.54) is 23.5 Å². The van der Waals surface area contributed by atoms with Crippen LogP contribution in [0.4, 0.5) is 10.1 Å². The van der Waals surface area contributed by atoms with Crippen LogP contribution in [0, 0.1) is 12.7 Å². The van der Waals surface area contributed by atoms with Gasteiger partial charge in [0.1, 0.15) is 5.01 Å². The summed E-state index contributed by atoms with van der Waals surface area (Å²) in [5, 5.41) is 8.50. The van der Waals surface area contributed by atoms with Crippen LogP contribution in [0.1, 0.15) is 5.01 Å². The predicted octanol–water partition coefficient (Wildman–Crippen LogP) is 2.36. The number of ether oxygens (including phenoxy) is 1.